The van der Waals surface area contributed by atoms with E-state index in [1.54, 1.807) is 13.1 Å². The Labute approximate surface area is 106 Å². The molecule has 0 radical (unpaired) electrons. The maximum Gasteiger partial charge on any atom is 0.311 e. The number of nitrogens with zero attached hydrogens (tertiary/aromatic N) is 2. The molecular weight excluding hydrogens is 234 g/mol. The number of hydrogen-bond donors (Lipinski definition) is 2. The summed E-state index contributed by atoms with van der Waals surface area (Å²) in [6, 6.07) is 1.46. The highest BCUT2D eigenvalue weighted by Crippen LogP contribution is 2.24. The molecule has 100 valence electrons. The predicted molar refractivity (Wildman–Crippen MR) is 69.6 cm³/mol. The molecule has 0 aliphatic heterocycles. The smallest absolute Gasteiger partial charge is 0.311 e. The van der Waals surface area contributed by atoms with Gasteiger partial charge in [0.2, 0.25) is 5.82 Å². The lowest BCUT2D eigenvalue weighted by molar-refractivity contribution is -0.384. The molecule has 0 spiro atoms. The number of aliphatic hydroxyl groups is 1. The molecule has 1 aromatic heterocycles. The molecule has 0 fully saturated rings. The third kappa shape index (κ3) is 3.40. The van der Waals surface area contributed by atoms with Crippen molar-refractivity contribution in [2.75, 3.05) is 11.9 Å². The van der Waals surface area contributed by atoms with E-state index in [1.165, 1.54) is 6.07 Å². The van der Waals surface area contributed by atoms with Crippen LogP contribution >= 0.6 is 0 Å². The highest BCUT2D eigenvalue weighted by molar-refractivity contribution is 5.56. The van der Waals surface area contributed by atoms with Gasteiger partial charge < -0.3 is 10.4 Å². The molecule has 6 nitrogen and oxygen atoms in total. The molecule has 1 rings (SSSR count). The van der Waals surface area contributed by atoms with Gasteiger partial charge >= 0.3 is 5.69 Å². The number of nitro groups is 1. The molecule has 0 saturated heterocycles. The summed E-state index contributed by atoms with van der Waals surface area (Å²) in [4.78, 5) is 14.4. The summed E-state index contributed by atoms with van der Waals surface area (Å²) in [6.07, 6.45) is 2.72. The first-order valence-electron chi connectivity index (χ1n) is 5.99. The monoisotopic (exact) mass is 253 g/mol. The van der Waals surface area contributed by atoms with E-state index in [9.17, 15) is 15.2 Å². The molecule has 0 aliphatic rings. The molecular formula is C12H19N3O3. The van der Waals surface area contributed by atoms with Gasteiger partial charge in [-0.15, -0.1) is 0 Å². The van der Waals surface area contributed by atoms with Crippen molar-refractivity contribution in [3.63, 3.8) is 0 Å². The highest BCUT2D eigenvalue weighted by atomic mass is 16.6. The fourth-order valence-corrected chi connectivity index (χ4v) is 1.58. The summed E-state index contributed by atoms with van der Waals surface area (Å²) in [5.41, 5.74) is -0.196. The minimum Gasteiger partial charge on any atom is -0.388 e. The third-order valence-electron chi connectivity index (χ3n) is 3.10. The van der Waals surface area contributed by atoms with Crippen molar-refractivity contribution in [1.82, 2.24) is 4.98 Å². The van der Waals surface area contributed by atoms with Gasteiger partial charge in [-0.2, -0.15) is 0 Å². The molecule has 1 heterocycles. The molecule has 0 aliphatic carbocycles. The van der Waals surface area contributed by atoms with E-state index in [4.69, 9.17) is 0 Å². The molecule has 2 N–H and O–H groups in total. The predicted octanol–water partition coefficient (Wildman–Crippen LogP) is 2.26. The lowest BCUT2D eigenvalue weighted by atomic mass is 9.98. The second-order valence-corrected chi connectivity index (χ2v) is 4.42. The normalized spacial score (nSPS) is 11.3. The van der Waals surface area contributed by atoms with E-state index >= 15 is 0 Å². The summed E-state index contributed by atoms with van der Waals surface area (Å²) in [7, 11) is 0. The standard InChI is InChI=1S/C12H19N3O3/c1-4-12(16,5-2)8-14-11-10(15(17)18)6-9(3)7-13-11/h6-7,16H,4-5,8H2,1-3H3,(H,13,14). The van der Waals surface area contributed by atoms with Gasteiger partial charge in [-0.05, 0) is 25.3 Å². The van der Waals surface area contributed by atoms with Crippen molar-refractivity contribution < 1.29 is 10.0 Å². The van der Waals surface area contributed by atoms with Gasteiger partial charge in [-0.3, -0.25) is 10.1 Å². The number of pyridine rings is 1. The fourth-order valence-electron chi connectivity index (χ4n) is 1.58. The Morgan fingerprint density at radius 1 is 1.50 bits per heavy atom. The number of rotatable bonds is 6. The van der Waals surface area contributed by atoms with Crippen LogP contribution < -0.4 is 5.32 Å². The Hall–Kier alpha value is -1.69. The van der Waals surface area contributed by atoms with Crippen LogP contribution in [0.5, 0.6) is 0 Å². The van der Waals surface area contributed by atoms with Gasteiger partial charge in [0.1, 0.15) is 0 Å². The topological polar surface area (TPSA) is 88.3 Å². The minimum atomic E-state index is -0.861. The lowest BCUT2D eigenvalue weighted by Crippen LogP contribution is -2.35. The maximum absolute atomic E-state index is 10.9. The number of aromatic nitrogens is 1. The van der Waals surface area contributed by atoms with Crippen LogP contribution in [0.3, 0.4) is 0 Å². The number of hydrogen-bond acceptors (Lipinski definition) is 5. The minimum absolute atomic E-state index is 0.0652. The van der Waals surface area contributed by atoms with Crippen LogP contribution in [0.1, 0.15) is 32.3 Å². The first-order valence-corrected chi connectivity index (χ1v) is 5.99. The SMILES string of the molecule is CCC(O)(CC)CNc1ncc(C)cc1[N+](=O)[O-]. The second kappa shape index (κ2) is 5.77. The average molecular weight is 253 g/mol. The van der Waals surface area contributed by atoms with Crippen LogP contribution in [0.25, 0.3) is 0 Å². The van der Waals surface area contributed by atoms with E-state index in [0.717, 1.165) is 5.56 Å². The van der Waals surface area contributed by atoms with Crippen molar-refractivity contribution in [3.8, 4) is 0 Å². The van der Waals surface area contributed by atoms with Crippen molar-refractivity contribution in [2.24, 2.45) is 0 Å². The maximum atomic E-state index is 10.9. The fraction of sp³-hybridized carbons (Fsp3) is 0.583. The van der Waals surface area contributed by atoms with Crippen molar-refractivity contribution in [1.29, 1.82) is 0 Å². The molecule has 0 unspecified atom stereocenters. The lowest BCUT2D eigenvalue weighted by Gasteiger charge is -2.25. The van der Waals surface area contributed by atoms with Crippen molar-refractivity contribution in [2.45, 2.75) is 39.2 Å². The van der Waals surface area contributed by atoms with E-state index < -0.39 is 10.5 Å². The van der Waals surface area contributed by atoms with Gasteiger partial charge in [-0.1, -0.05) is 13.8 Å². The van der Waals surface area contributed by atoms with Crippen LogP contribution in [0.4, 0.5) is 11.5 Å². The van der Waals surface area contributed by atoms with Crippen molar-refractivity contribution in [3.05, 3.63) is 27.9 Å². The number of nitrogens with one attached hydrogen (secondary N) is 1. The summed E-state index contributed by atoms with van der Waals surface area (Å²) in [5.74, 6) is 0.200. The Balaban J connectivity index is 2.88. The summed E-state index contributed by atoms with van der Waals surface area (Å²) < 4.78 is 0. The van der Waals surface area contributed by atoms with Gasteiger partial charge in [0.05, 0.1) is 10.5 Å². The van der Waals surface area contributed by atoms with E-state index in [2.05, 4.69) is 10.3 Å². The first kappa shape index (κ1) is 14.4. The van der Waals surface area contributed by atoms with E-state index in [1.807, 2.05) is 13.8 Å². The zero-order chi connectivity index (χ0) is 13.8. The molecule has 1 aromatic rings. The molecule has 0 saturated carbocycles. The Morgan fingerprint density at radius 2 is 2.11 bits per heavy atom. The summed E-state index contributed by atoms with van der Waals surface area (Å²) in [5, 5.41) is 23.9. The number of aryl methyl sites for hydroxylation is 1. The second-order valence-electron chi connectivity index (χ2n) is 4.42. The number of anilines is 1. The van der Waals surface area contributed by atoms with E-state index in [0.29, 0.717) is 12.8 Å². The van der Waals surface area contributed by atoms with Crippen LogP contribution in [-0.4, -0.2) is 27.2 Å². The van der Waals surface area contributed by atoms with E-state index in [-0.39, 0.29) is 18.1 Å². The Morgan fingerprint density at radius 3 is 2.61 bits per heavy atom. The van der Waals surface area contributed by atoms with Crippen LogP contribution in [0.2, 0.25) is 0 Å². The Kier molecular flexibility index (Phi) is 4.61. The van der Waals surface area contributed by atoms with Gasteiger partial charge in [-0.25, -0.2) is 4.98 Å². The van der Waals surface area contributed by atoms with Crippen LogP contribution in [-0.2, 0) is 0 Å². The average Bonchev–Trinajstić information content (AvgIpc) is 2.36. The molecule has 0 aromatic carbocycles. The highest BCUT2D eigenvalue weighted by Gasteiger charge is 2.24. The molecule has 0 amide bonds. The van der Waals surface area contributed by atoms with Crippen LogP contribution in [0, 0.1) is 17.0 Å². The van der Waals surface area contributed by atoms with Crippen LogP contribution in [0.15, 0.2) is 12.3 Å². The largest absolute Gasteiger partial charge is 0.388 e. The molecule has 0 atom stereocenters. The quantitative estimate of drug-likeness (QED) is 0.599. The zero-order valence-corrected chi connectivity index (χ0v) is 10.9. The van der Waals surface area contributed by atoms with Crippen molar-refractivity contribution >= 4 is 11.5 Å². The Bertz CT molecular complexity index is 431. The van der Waals surface area contributed by atoms with Gasteiger partial charge in [0.25, 0.3) is 0 Å². The zero-order valence-electron chi connectivity index (χ0n) is 10.9. The van der Waals surface area contributed by atoms with Gasteiger partial charge in [0, 0.05) is 18.8 Å². The molecule has 6 heteroatoms. The summed E-state index contributed by atoms with van der Waals surface area (Å²) in [6.45, 7) is 5.75. The third-order valence-corrected chi connectivity index (χ3v) is 3.10. The molecule has 18 heavy (non-hydrogen) atoms. The molecule has 0 bridgehead atoms. The van der Waals surface area contributed by atoms with Gasteiger partial charge in [0.15, 0.2) is 0 Å². The summed E-state index contributed by atoms with van der Waals surface area (Å²) >= 11 is 0. The first-order chi connectivity index (χ1) is 8.41.